The maximum Gasteiger partial charge on any atom is 0.303 e. The Balaban J connectivity index is 0.000000281. The Kier molecular flexibility index (Phi) is 11.6. The number of carbonyl (C=O) groups is 2. The van der Waals surface area contributed by atoms with E-state index >= 15 is 0 Å². The summed E-state index contributed by atoms with van der Waals surface area (Å²) in [7, 11) is -2.25. The minimum absolute atomic E-state index is 0.147. The smallest absolute Gasteiger partial charge is 0.303 e. The van der Waals surface area contributed by atoms with Crippen molar-refractivity contribution in [3.8, 4) is 5.75 Å². The van der Waals surface area contributed by atoms with E-state index < -0.39 is 16.1 Å². The fourth-order valence-corrected chi connectivity index (χ4v) is 5.16. The number of hydrogen-bond donors (Lipinski definition) is 2. The van der Waals surface area contributed by atoms with E-state index in [1.807, 2.05) is 19.9 Å². The lowest BCUT2D eigenvalue weighted by Crippen LogP contribution is -2.46. The van der Waals surface area contributed by atoms with Gasteiger partial charge in [-0.05, 0) is 68.0 Å². The van der Waals surface area contributed by atoms with Crippen LogP contribution in [-0.4, -0.2) is 51.3 Å². The lowest BCUT2D eigenvalue weighted by Gasteiger charge is -2.31. The molecule has 0 spiro atoms. The summed E-state index contributed by atoms with van der Waals surface area (Å²) in [5.74, 6) is -0.271. The highest BCUT2D eigenvalue weighted by Crippen LogP contribution is 2.29. The third-order valence-corrected chi connectivity index (χ3v) is 7.35. The van der Waals surface area contributed by atoms with Crippen molar-refractivity contribution in [2.45, 2.75) is 45.4 Å². The summed E-state index contributed by atoms with van der Waals surface area (Å²) in [6, 6.07) is 11.3. The molecular weight excluding hydrogens is 509 g/mol. The number of nitrogens with one attached hydrogen (secondary N) is 2. The van der Waals surface area contributed by atoms with Gasteiger partial charge in [-0.25, -0.2) is 9.11 Å². The molecule has 11 heteroatoms. The molecule has 0 radical (unpaired) electrons. The lowest BCUT2D eigenvalue weighted by molar-refractivity contribution is -0.119. The number of amides is 2. The molecule has 0 unspecified atom stereocenters. The summed E-state index contributed by atoms with van der Waals surface area (Å²) >= 11 is 5.77. The number of halogens is 2. The average molecular weight is 542 g/mol. The highest BCUT2D eigenvalue weighted by molar-refractivity contribution is 7.87. The van der Waals surface area contributed by atoms with Gasteiger partial charge in [0.2, 0.25) is 5.91 Å². The average Bonchev–Trinajstić information content (AvgIpc) is 2.84. The molecule has 1 saturated heterocycles. The van der Waals surface area contributed by atoms with E-state index in [1.54, 1.807) is 24.3 Å². The van der Waals surface area contributed by atoms with Crippen LogP contribution in [0.3, 0.4) is 0 Å². The number of benzene rings is 2. The van der Waals surface area contributed by atoms with Gasteiger partial charge in [0.15, 0.2) is 0 Å². The zero-order chi connectivity index (χ0) is 26.7. The molecule has 1 aliphatic rings. The first-order valence-electron chi connectivity index (χ1n) is 11.8. The number of carbonyl (C=O) groups excluding carboxylic acids is 2. The molecule has 2 amide bonds. The molecule has 1 fully saturated rings. The molecule has 1 aliphatic heterocycles. The molecule has 0 aromatic heterocycles. The first kappa shape index (κ1) is 29.5. The highest BCUT2D eigenvalue weighted by atomic mass is 35.5. The van der Waals surface area contributed by atoms with Crippen molar-refractivity contribution in [2.75, 3.05) is 26.7 Å². The Morgan fingerprint density at radius 2 is 1.83 bits per heavy atom. The zero-order valence-corrected chi connectivity index (χ0v) is 22.3. The molecule has 0 bridgehead atoms. The van der Waals surface area contributed by atoms with Crippen LogP contribution in [0.4, 0.5) is 4.39 Å². The molecule has 0 saturated carbocycles. The van der Waals surface area contributed by atoms with E-state index in [2.05, 4.69) is 10.0 Å². The maximum atomic E-state index is 13.3. The van der Waals surface area contributed by atoms with Crippen molar-refractivity contribution in [1.82, 2.24) is 14.3 Å². The quantitative estimate of drug-likeness (QED) is 0.519. The van der Waals surface area contributed by atoms with Crippen molar-refractivity contribution < 1.29 is 27.1 Å². The highest BCUT2D eigenvalue weighted by Gasteiger charge is 2.29. The predicted molar refractivity (Wildman–Crippen MR) is 138 cm³/mol. The van der Waals surface area contributed by atoms with Crippen molar-refractivity contribution in [3.63, 3.8) is 0 Å². The first-order valence-corrected chi connectivity index (χ1v) is 13.6. The molecule has 1 heterocycles. The molecule has 2 aromatic carbocycles. The van der Waals surface area contributed by atoms with Crippen LogP contribution < -0.4 is 14.8 Å². The minimum Gasteiger partial charge on any atom is -0.496 e. The van der Waals surface area contributed by atoms with Crippen LogP contribution in [-0.2, 0) is 15.0 Å². The second kappa shape index (κ2) is 14.2. The number of methoxy groups -OCH3 is 1. The Bertz CT molecular complexity index is 1140. The van der Waals surface area contributed by atoms with Gasteiger partial charge >= 0.3 is 10.2 Å². The topological polar surface area (TPSA) is 105 Å². The Hall–Kier alpha value is -2.69. The maximum absolute atomic E-state index is 13.3. The standard InChI is InChI=1S/C15H21FN2O3S.C10H12ClNO2/c1-2-4-15(19)17-22(20,21)18-9-7-12(8-10-18)13-5-3-6-14(16)11-13;1-3-12-10(13)8-5-4-7(11)6-9(8)14-2/h3,5-6,11-12H,2,4,7-10H2,1H3,(H,17,19);4-6H,3H2,1-2H3,(H,12,13). The zero-order valence-electron chi connectivity index (χ0n) is 20.7. The van der Waals surface area contributed by atoms with E-state index in [4.69, 9.17) is 16.3 Å². The second-order valence-corrected chi connectivity index (χ2v) is 10.3. The van der Waals surface area contributed by atoms with Gasteiger partial charge in [0.1, 0.15) is 11.6 Å². The number of ether oxygens (including phenoxy) is 1. The van der Waals surface area contributed by atoms with Crippen LogP contribution in [0.15, 0.2) is 42.5 Å². The van der Waals surface area contributed by atoms with Crippen LogP contribution >= 0.6 is 11.6 Å². The molecule has 0 atom stereocenters. The van der Waals surface area contributed by atoms with E-state index in [0.717, 1.165) is 5.56 Å². The summed E-state index contributed by atoms with van der Waals surface area (Å²) in [5.41, 5.74) is 1.39. The van der Waals surface area contributed by atoms with Crippen LogP contribution in [0.2, 0.25) is 5.02 Å². The van der Waals surface area contributed by atoms with Gasteiger partial charge < -0.3 is 10.1 Å². The third-order valence-electron chi connectivity index (χ3n) is 5.58. The molecule has 2 N–H and O–H groups in total. The summed E-state index contributed by atoms with van der Waals surface area (Å²) in [4.78, 5) is 23.0. The van der Waals surface area contributed by atoms with E-state index in [9.17, 15) is 22.4 Å². The number of nitrogens with zero attached hydrogens (tertiary/aromatic N) is 1. The molecule has 3 rings (SSSR count). The summed E-state index contributed by atoms with van der Waals surface area (Å²) < 4.78 is 45.9. The van der Waals surface area contributed by atoms with Gasteiger partial charge in [-0.1, -0.05) is 30.7 Å². The summed E-state index contributed by atoms with van der Waals surface area (Å²) in [6.07, 6.45) is 2.03. The predicted octanol–water partition coefficient (Wildman–Crippen LogP) is 4.26. The normalized spacial score (nSPS) is 14.4. The van der Waals surface area contributed by atoms with Gasteiger partial charge in [-0.2, -0.15) is 12.7 Å². The Morgan fingerprint density at radius 3 is 2.42 bits per heavy atom. The van der Waals surface area contributed by atoms with Crippen molar-refractivity contribution in [2.24, 2.45) is 0 Å². The first-order chi connectivity index (χ1) is 17.1. The van der Waals surface area contributed by atoms with Gasteiger partial charge in [0, 0.05) is 31.1 Å². The SMILES string of the molecule is CCCC(=O)NS(=O)(=O)N1CCC(c2cccc(F)c2)CC1.CCNC(=O)c1ccc(Cl)cc1OC. The van der Waals surface area contributed by atoms with Crippen LogP contribution in [0.25, 0.3) is 0 Å². The third kappa shape index (κ3) is 8.76. The molecule has 0 aliphatic carbocycles. The lowest BCUT2D eigenvalue weighted by atomic mass is 9.90. The molecule has 198 valence electrons. The molecule has 2 aromatic rings. The molecule has 36 heavy (non-hydrogen) atoms. The van der Waals surface area contributed by atoms with Gasteiger partial charge in [0.25, 0.3) is 5.91 Å². The second-order valence-electron chi connectivity index (χ2n) is 8.21. The van der Waals surface area contributed by atoms with Gasteiger partial charge in [-0.3, -0.25) is 9.59 Å². The van der Waals surface area contributed by atoms with E-state index in [0.29, 0.717) is 55.2 Å². The van der Waals surface area contributed by atoms with Gasteiger partial charge in [0.05, 0.1) is 12.7 Å². The Labute approximate surface area is 217 Å². The monoisotopic (exact) mass is 541 g/mol. The number of hydrogen-bond acceptors (Lipinski definition) is 5. The van der Waals surface area contributed by atoms with Crippen LogP contribution in [0, 0.1) is 5.82 Å². The minimum atomic E-state index is -3.76. The fraction of sp³-hybridized carbons (Fsp3) is 0.440. The van der Waals surface area contributed by atoms with Crippen molar-refractivity contribution in [1.29, 1.82) is 0 Å². The number of rotatable bonds is 8. The van der Waals surface area contributed by atoms with Crippen molar-refractivity contribution >= 4 is 33.6 Å². The molecular formula is C25H33ClFN3O5S. The van der Waals surface area contributed by atoms with Crippen molar-refractivity contribution in [3.05, 3.63) is 64.4 Å². The van der Waals surface area contributed by atoms with E-state index in [1.165, 1.54) is 23.5 Å². The summed E-state index contributed by atoms with van der Waals surface area (Å²) in [5, 5.41) is 3.24. The van der Waals surface area contributed by atoms with Crippen LogP contribution in [0.5, 0.6) is 5.75 Å². The number of piperidine rings is 1. The van der Waals surface area contributed by atoms with Gasteiger partial charge in [-0.15, -0.1) is 0 Å². The molecule has 8 nitrogen and oxygen atoms in total. The largest absolute Gasteiger partial charge is 0.496 e. The Morgan fingerprint density at radius 1 is 1.14 bits per heavy atom. The summed E-state index contributed by atoms with van der Waals surface area (Å²) in [6.45, 7) is 4.92. The van der Waals surface area contributed by atoms with Crippen LogP contribution in [0.1, 0.15) is 61.4 Å². The fourth-order valence-electron chi connectivity index (χ4n) is 3.78. The van der Waals surface area contributed by atoms with E-state index in [-0.39, 0.29) is 24.1 Å².